The Morgan fingerprint density at radius 1 is 1.17 bits per heavy atom. The van der Waals surface area contributed by atoms with E-state index in [1.807, 2.05) is 7.05 Å². The summed E-state index contributed by atoms with van der Waals surface area (Å²) in [4.78, 5) is 2.61. The molecule has 0 radical (unpaired) electrons. The van der Waals surface area contributed by atoms with Crippen molar-refractivity contribution in [2.45, 2.75) is 32.7 Å². The number of piperidine rings is 1. The highest BCUT2D eigenvalue weighted by Crippen LogP contribution is 2.19. The molecule has 1 fully saturated rings. The predicted octanol–water partition coefficient (Wildman–Crippen LogP) is 2.68. The molecule has 1 aliphatic heterocycles. The summed E-state index contributed by atoms with van der Waals surface area (Å²) in [5.41, 5.74) is 3.02. The second kappa shape index (κ2) is 6.91. The summed E-state index contributed by atoms with van der Waals surface area (Å²) < 4.78 is 0. The third-order valence-corrected chi connectivity index (χ3v) is 4.03. The van der Waals surface area contributed by atoms with Crippen molar-refractivity contribution >= 4 is 0 Å². The molecular weight excluding hydrogens is 220 g/mol. The van der Waals surface area contributed by atoms with Gasteiger partial charge in [-0.1, -0.05) is 31.2 Å². The number of likely N-dealkylation sites (tertiary alicyclic amines) is 1. The molecule has 1 saturated heterocycles. The summed E-state index contributed by atoms with van der Waals surface area (Å²) in [6, 6.07) is 8.90. The summed E-state index contributed by atoms with van der Waals surface area (Å²) in [7, 11) is 2.02. The van der Waals surface area contributed by atoms with E-state index in [-0.39, 0.29) is 0 Å². The zero-order valence-electron chi connectivity index (χ0n) is 11.8. The first-order chi connectivity index (χ1) is 8.79. The van der Waals surface area contributed by atoms with Crippen LogP contribution in [0, 0.1) is 5.92 Å². The smallest absolute Gasteiger partial charge is 0.0236 e. The van der Waals surface area contributed by atoms with Gasteiger partial charge >= 0.3 is 0 Å². The van der Waals surface area contributed by atoms with Crippen LogP contribution in [0.15, 0.2) is 24.3 Å². The standard InChI is InChI=1S/C16H26N2/c1-14-8-11-18(12-9-14)13-16-6-4-3-5-15(16)7-10-17-2/h3-6,14,17H,7-13H2,1-2H3. The maximum absolute atomic E-state index is 3.24. The molecule has 0 aliphatic carbocycles. The predicted molar refractivity (Wildman–Crippen MR) is 77.7 cm³/mol. The molecule has 100 valence electrons. The average Bonchev–Trinajstić information content (AvgIpc) is 2.40. The maximum Gasteiger partial charge on any atom is 0.0236 e. The quantitative estimate of drug-likeness (QED) is 0.859. The van der Waals surface area contributed by atoms with Crippen molar-refractivity contribution < 1.29 is 0 Å². The Hall–Kier alpha value is -0.860. The van der Waals surface area contributed by atoms with Crippen LogP contribution >= 0.6 is 0 Å². The molecule has 1 aromatic rings. The summed E-state index contributed by atoms with van der Waals surface area (Å²) in [6.45, 7) is 7.10. The minimum atomic E-state index is 0.917. The van der Waals surface area contributed by atoms with E-state index >= 15 is 0 Å². The Morgan fingerprint density at radius 2 is 1.83 bits per heavy atom. The van der Waals surface area contributed by atoms with E-state index in [0.29, 0.717) is 0 Å². The normalized spacial score (nSPS) is 18.1. The molecule has 0 saturated carbocycles. The molecule has 0 spiro atoms. The molecule has 2 heteroatoms. The highest BCUT2D eigenvalue weighted by Gasteiger charge is 2.16. The van der Waals surface area contributed by atoms with Crippen LogP contribution in [0.3, 0.4) is 0 Å². The Morgan fingerprint density at radius 3 is 2.50 bits per heavy atom. The zero-order chi connectivity index (χ0) is 12.8. The van der Waals surface area contributed by atoms with E-state index in [1.165, 1.54) is 37.1 Å². The van der Waals surface area contributed by atoms with Crippen LogP contribution in [-0.2, 0) is 13.0 Å². The van der Waals surface area contributed by atoms with Crippen LogP contribution in [0.25, 0.3) is 0 Å². The van der Waals surface area contributed by atoms with Gasteiger partial charge in [0.25, 0.3) is 0 Å². The van der Waals surface area contributed by atoms with E-state index in [9.17, 15) is 0 Å². The minimum Gasteiger partial charge on any atom is -0.319 e. The number of nitrogens with zero attached hydrogens (tertiary/aromatic N) is 1. The first kappa shape index (κ1) is 13.6. The minimum absolute atomic E-state index is 0.917. The van der Waals surface area contributed by atoms with Crippen molar-refractivity contribution in [1.82, 2.24) is 10.2 Å². The first-order valence-corrected chi connectivity index (χ1v) is 7.23. The lowest BCUT2D eigenvalue weighted by molar-refractivity contribution is 0.185. The molecule has 2 nitrogen and oxygen atoms in total. The summed E-state index contributed by atoms with van der Waals surface area (Å²) >= 11 is 0. The van der Waals surface area contributed by atoms with Gasteiger partial charge in [0, 0.05) is 6.54 Å². The number of rotatable bonds is 5. The van der Waals surface area contributed by atoms with Gasteiger partial charge in [0.2, 0.25) is 0 Å². The van der Waals surface area contributed by atoms with Crippen molar-refractivity contribution in [1.29, 1.82) is 0 Å². The fraction of sp³-hybridized carbons (Fsp3) is 0.625. The van der Waals surface area contributed by atoms with Crippen LogP contribution in [0.4, 0.5) is 0 Å². The van der Waals surface area contributed by atoms with E-state index in [2.05, 4.69) is 41.4 Å². The molecule has 0 unspecified atom stereocenters. The van der Waals surface area contributed by atoms with Crippen molar-refractivity contribution in [3.8, 4) is 0 Å². The second-order valence-corrected chi connectivity index (χ2v) is 5.58. The van der Waals surface area contributed by atoms with Crippen molar-refractivity contribution in [3.05, 3.63) is 35.4 Å². The maximum atomic E-state index is 3.24. The zero-order valence-corrected chi connectivity index (χ0v) is 11.8. The average molecular weight is 246 g/mol. The van der Waals surface area contributed by atoms with Crippen LogP contribution < -0.4 is 5.32 Å². The monoisotopic (exact) mass is 246 g/mol. The van der Waals surface area contributed by atoms with E-state index in [0.717, 1.165) is 25.4 Å². The molecule has 1 N–H and O–H groups in total. The Bertz CT molecular complexity index is 354. The first-order valence-electron chi connectivity index (χ1n) is 7.23. The SMILES string of the molecule is CNCCc1ccccc1CN1CCC(C)CC1. The van der Waals surface area contributed by atoms with Gasteiger partial charge in [-0.2, -0.15) is 0 Å². The molecule has 2 rings (SSSR count). The van der Waals surface area contributed by atoms with Crippen LogP contribution in [0.5, 0.6) is 0 Å². The highest BCUT2D eigenvalue weighted by molar-refractivity contribution is 5.27. The lowest BCUT2D eigenvalue weighted by Crippen LogP contribution is -2.32. The summed E-state index contributed by atoms with van der Waals surface area (Å²) in [6.07, 6.45) is 3.86. The summed E-state index contributed by atoms with van der Waals surface area (Å²) in [5.74, 6) is 0.917. The van der Waals surface area contributed by atoms with Gasteiger partial charge in [-0.05, 0) is 63.0 Å². The molecule has 18 heavy (non-hydrogen) atoms. The molecule has 0 atom stereocenters. The van der Waals surface area contributed by atoms with Gasteiger partial charge in [-0.15, -0.1) is 0 Å². The summed E-state index contributed by atoms with van der Waals surface area (Å²) in [5, 5.41) is 3.24. The number of hydrogen-bond donors (Lipinski definition) is 1. The third kappa shape index (κ3) is 3.82. The van der Waals surface area contributed by atoms with E-state index < -0.39 is 0 Å². The fourth-order valence-corrected chi connectivity index (χ4v) is 2.68. The molecule has 0 aromatic heterocycles. The number of nitrogens with one attached hydrogen (secondary N) is 1. The van der Waals surface area contributed by atoms with Gasteiger partial charge < -0.3 is 5.32 Å². The third-order valence-electron chi connectivity index (χ3n) is 4.03. The largest absolute Gasteiger partial charge is 0.319 e. The molecule has 0 bridgehead atoms. The molecule has 1 heterocycles. The molecule has 1 aromatic carbocycles. The van der Waals surface area contributed by atoms with Crippen LogP contribution in [0.2, 0.25) is 0 Å². The topological polar surface area (TPSA) is 15.3 Å². The number of benzene rings is 1. The van der Waals surface area contributed by atoms with Crippen molar-refractivity contribution in [2.75, 3.05) is 26.7 Å². The van der Waals surface area contributed by atoms with Gasteiger partial charge in [0.05, 0.1) is 0 Å². The highest BCUT2D eigenvalue weighted by atomic mass is 15.1. The van der Waals surface area contributed by atoms with Gasteiger partial charge in [0.1, 0.15) is 0 Å². The Kier molecular flexibility index (Phi) is 5.21. The van der Waals surface area contributed by atoms with E-state index in [1.54, 1.807) is 0 Å². The van der Waals surface area contributed by atoms with Gasteiger partial charge in [-0.25, -0.2) is 0 Å². The van der Waals surface area contributed by atoms with E-state index in [4.69, 9.17) is 0 Å². The second-order valence-electron chi connectivity index (χ2n) is 5.58. The lowest BCUT2D eigenvalue weighted by Gasteiger charge is -2.30. The van der Waals surface area contributed by atoms with Gasteiger partial charge in [-0.3, -0.25) is 4.90 Å². The molecule has 1 aliphatic rings. The molecular formula is C16H26N2. The number of hydrogen-bond acceptors (Lipinski definition) is 2. The molecule has 0 amide bonds. The lowest BCUT2D eigenvalue weighted by atomic mass is 9.97. The number of likely N-dealkylation sites (N-methyl/N-ethyl adjacent to an activating group) is 1. The van der Waals surface area contributed by atoms with Gasteiger partial charge in [0.15, 0.2) is 0 Å². The Balaban J connectivity index is 1.95. The fourth-order valence-electron chi connectivity index (χ4n) is 2.68. The van der Waals surface area contributed by atoms with Crippen molar-refractivity contribution in [2.24, 2.45) is 5.92 Å². The Labute approximate surface area is 111 Å². The van der Waals surface area contributed by atoms with Crippen LogP contribution in [-0.4, -0.2) is 31.6 Å². The van der Waals surface area contributed by atoms with Crippen LogP contribution in [0.1, 0.15) is 30.9 Å². The van der Waals surface area contributed by atoms with Crippen molar-refractivity contribution in [3.63, 3.8) is 0 Å².